The number of nitrogens with zero attached hydrogens (tertiary/aromatic N) is 1. The zero-order valence-corrected chi connectivity index (χ0v) is 19.4. The molecule has 0 bridgehead atoms. The molecule has 33 heavy (non-hydrogen) atoms. The average Bonchev–Trinajstić information content (AvgIpc) is 2.75. The largest absolute Gasteiger partial charge is 0.492 e. The molecule has 0 aliphatic heterocycles. The highest BCUT2D eigenvalue weighted by atomic mass is 19.3. The molecule has 1 rings (SSSR count). The van der Waals surface area contributed by atoms with Gasteiger partial charge >= 0.3 is 12.0 Å². The molecule has 9 nitrogen and oxygen atoms in total. The number of halogens is 2. The number of hydrogen-bond donors (Lipinski definition) is 2. The minimum absolute atomic E-state index is 0.0413. The number of hydrogen-bond acceptors (Lipinski definition) is 6. The number of methoxy groups -OCH3 is 1. The summed E-state index contributed by atoms with van der Waals surface area (Å²) in [6.07, 6.45) is -0.683. The van der Waals surface area contributed by atoms with Crippen LogP contribution in [0.3, 0.4) is 0 Å². The van der Waals surface area contributed by atoms with E-state index in [-0.39, 0.29) is 38.8 Å². The number of carbonyl (C=O) groups is 2. The molecule has 0 spiro atoms. The van der Waals surface area contributed by atoms with Gasteiger partial charge in [-0.05, 0) is 24.6 Å². The second-order valence-electron chi connectivity index (χ2n) is 7.31. The van der Waals surface area contributed by atoms with E-state index in [1.807, 2.05) is 0 Å². The molecule has 0 aliphatic carbocycles. The van der Waals surface area contributed by atoms with Gasteiger partial charge in [0.15, 0.2) is 6.10 Å². The van der Waals surface area contributed by atoms with Gasteiger partial charge in [0.2, 0.25) is 0 Å². The molecule has 1 aromatic rings. The fourth-order valence-corrected chi connectivity index (χ4v) is 2.74. The number of carbonyl (C=O) groups excluding carboxylic acids is 1. The summed E-state index contributed by atoms with van der Waals surface area (Å²) in [7, 11) is 1.51. The van der Waals surface area contributed by atoms with Crippen molar-refractivity contribution in [1.82, 2.24) is 10.2 Å². The second-order valence-corrected chi connectivity index (χ2v) is 7.31. The Bertz CT molecular complexity index is 699. The van der Waals surface area contributed by atoms with Crippen molar-refractivity contribution in [1.29, 1.82) is 0 Å². The summed E-state index contributed by atoms with van der Waals surface area (Å²) in [6.45, 7) is 3.18. The lowest BCUT2D eigenvalue weighted by molar-refractivity contribution is -0.149. The van der Waals surface area contributed by atoms with Crippen molar-refractivity contribution >= 4 is 12.0 Å². The van der Waals surface area contributed by atoms with E-state index in [1.165, 1.54) is 12.0 Å². The minimum atomic E-state index is -2.94. The molecule has 2 amide bonds. The van der Waals surface area contributed by atoms with Crippen LogP contribution in [0.5, 0.6) is 5.75 Å². The molecular weight excluding hydrogens is 442 g/mol. The normalized spacial score (nSPS) is 12.3. The number of nitrogens with one attached hydrogen (secondary N) is 1. The number of rotatable bonds is 17. The predicted molar refractivity (Wildman–Crippen MR) is 117 cm³/mol. The van der Waals surface area contributed by atoms with E-state index < -0.39 is 24.6 Å². The van der Waals surface area contributed by atoms with Gasteiger partial charge in [-0.2, -0.15) is 0 Å². The molecule has 2 N–H and O–H groups in total. The molecule has 1 unspecified atom stereocenters. The van der Waals surface area contributed by atoms with Crippen molar-refractivity contribution in [3.8, 4) is 5.75 Å². The van der Waals surface area contributed by atoms with Crippen LogP contribution in [0.1, 0.15) is 19.4 Å². The van der Waals surface area contributed by atoms with Crippen molar-refractivity contribution in [2.24, 2.45) is 0 Å². The van der Waals surface area contributed by atoms with Crippen molar-refractivity contribution in [3.05, 3.63) is 29.8 Å². The molecule has 1 atom stereocenters. The third kappa shape index (κ3) is 13.0. The van der Waals surface area contributed by atoms with Crippen LogP contribution in [0, 0.1) is 0 Å². The predicted octanol–water partition coefficient (Wildman–Crippen LogP) is 2.43. The topological polar surface area (TPSA) is 107 Å². The third-order valence-electron chi connectivity index (χ3n) is 4.35. The molecule has 0 heterocycles. The lowest BCUT2D eigenvalue weighted by atomic mass is 10.1. The third-order valence-corrected chi connectivity index (χ3v) is 4.35. The number of amides is 2. The highest BCUT2D eigenvalue weighted by molar-refractivity contribution is 5.74. The van der Waals surface area contributed by atoms with Gasteiger partial charge < -0.3 is 34.3 Å². The Morgan fingerprint density at radius 1 is 1.15 bits per heavy atom. The van der Waals surface area contributed by atoms with Crippen LogP contribution in [-0.2, 0) is 25.4 Å². The molecule has 11 heteroatoms. The number of urea groups is 1. The van der Waals surface area contributed by atoms with Crippen LogP contribution < -0.4 is 10.1 Å². The van der Waals surface area contributed by atoms with E-state index in [1.54, 1.807) is 31.2 Å². The number of ether oxygens (including phenoxy) is 4. The van der Waals surface area contributed by atoms with E-state index in [0.717, 1.165) is 12.5 Å². The van der Waals surface area contributed by atoms with E-state index in [2.05, 4.69) is 5.32 Å². The summed E-state index contributed by atoms with van der Waals surface area (Å²) < 4.78 is 46.5. The number of aliphatic carboxylic acids is 1. The molecule has 0 radical (unpaired) electrons. The maximum atomic E-state index is 12.9. The summed E-state index contributed by atoms with van der Waals surface area (Å²) in [6, 6.07) is 6.52. The minimum Gasteiger partial charge on any atom is -0.492 e. The fraction of sp³-hybridized carbons (Fsp3) is 0.636. The van der Waals surface area contributed by atoms with Crippen molar-refractivity contribution < 1.29 is 42.4 Å². The zero-order chi connectivity index (χ0) is 24.7. The summed E-state index contributed by atoms with van der Waals surface area (Å²) in [4.78, 5) is 25.0. The average molecular weight is 477 g/mol. The Morgan fingerprint density at radius 2 is 1.82 bits per heavy atom. The molecule has 0 saturated carbocycles. The standard InChI is InChI=1S/C22H34F2N2O7/c1-4-32-19(20(27)28)15-17-5-7-18(8-6-17)33-14-11-26(21(29)25-9-12-30-3)10-13-31-16-22(2,23)24/h5-8,19H,4,9-16H2,1-3H3,(H,25,29)(H,27,28). The molecular formula is C22H34F2N2O7. The summed E-state index contributed by atoms with van der Waals surface area (Å²) in [5.74, 6) is -3.41. The Labute approximate surface area is 192 Å². The molecule has 0 aromatic heterocycles. The van der Waals surface area contributed by atoms with E-state index in [9.17, 15) is 23.5 Å². The molecule has 0 fully saturated rings. The monoisotopic (exact) mass is 476 g/mol. The molecule has 0 saturated heterocycles. The summed E-state index contributed by atoms with van der Waals surface area (Å²) in [5, 5.41) is 11.9. The van der Waals surface area contributed by atoms with Gasteiger partial charge in [-0.1, -0.05) is 12.1 Å². The summed E-state index contributed by atoms with van der Waals surface area (Å²) >= 11 is 0. The van der Waals surface area contributed by atoms with E-state index >= 15 is 0 Å². The van der Waals surface area contributed by atoms with Crippen LogP contribution in [0.4, 0.5) is 13.6 Å². The Kier molecular flexibility index (Phi) is 13.3. The fourth-order valence-electron chi connectivity index (χ4n) is 2.74. The number of carboxylic acid groups (broad SMARTS) is 1. The van der Waals surface area contributed by atoms with E-state index in [4.69, 9.17) is 18.9 Å². The molecule has 188 valence electrons. The Morgan fingerprint density at radius 3 is 2.39 bits per heavy atom. The zero-order valence-electron chi connectivity index (χ0n) is 19.4. The Hall–Kier alpha value is -2.50. The van der Waals surface area contributed by atoms with Gasteiger partial charge in [0.05, 0.1) is 19.8 Å². The van der Waals surface area contributed by atoms with Crippen LogP contribution in [0.25, 0.3) is 0 Å². The molecule has 0 aliphatic rings. The van der Waals surface area contributed by atoms with Crippen molar-refractivity contribution in [2.75, 3.05) is 59.8 Å². The SMILES string of the molecule is CCOC(Cc1ccc(OCCN(CCOCC(C)(F)F)C(=O)NCCOC)cc1)C(=O)O. The van der Waals surface area contributed by atoms with Crippen LogP contribution in [-0.4, -0.2) is 93.8 Å². The second kappa shape index (κ2) is 15.4. The van der Waals surface area contributed by atoms with Gasteiger partial charge in [-0.15, -0.1) is 0 Å². The van der Waals surface area contributed by atoms with Gasteiger partial charge in [-0.25, -0.2) is 18.4 Å². The first kappa shape index (κ1) is 28.5. The summed E-state index contributed by atoms with van der Waals surface area (Å²) in [5.41, 5.74) is 0.784. The first-order valence-electron chi connectivity index (χ1n) is 10.7. The number of carboxylic acids is 1. The van der Waals surface area contributed by atoms with Crippen LogP contribution in [0.15, 0.2) is 24.3 Å². The van der Waals surface area contributed by atoms with Crippen LogP contribution in [0.2, 0.25) is 0 Å². The lowest BCUT2D eigenvalue weighted by Crippen LogP contribution is -2.44. The van der Waals surface area contributed by atoms with Crippen molar-refractivity contribution in [3.63, 3.8) is 0 Å². The highest BCUT2D eigenvalue weighted by Crippen LogP contribution is 2.15. The maximum Gasteiger partial charge on any atom is 0.333 e. The van der Waals surface area contributed by atoms with Gasteiger partial charge in [0.25, 0.3) is 5.92 Å². The highest BCUT2D eigenvalue weighted by Gasteiger charge is 2.22. The maximum absolute atomic E-state index is 12.9. The first-order valence-corrected chi connectivity index (χ1v) is 10.7. The van der Waals surface area contributed by atoms with Crippen LogP contribution >= 0.6 is 0 Å². The quantitative estimate of drug-likeness (QED) is 0.333. The van der Waals surface area contributed by atoms with Gasteiger partial charge in [0, 0.05) is 40.2 Å². The van der Waals surface area contributed by atoms with Gasteiger partial charge in [-0.3, -0.25) is 0 Å². The number of benzene rings is 1. The molecule has 1 aromatic carbocycles. The Balaban J connectivity index is 2.55. The number of alkyl halides is 2. The van der Waals surface area contributed by atoms with Crippen molar-refractivity contribution in [2.45, 2.75) is 32.3 Å². The van der Waals surface area contributed by atoms with E-state index in [0.29, 0.717) is 25.5 Å². The first-order chi connectivity index (χ1) is 15.7. The lowest BCUT2D eigenvalue weighted by Gasteiger charge is -2.23. The smallest absolute Gasteiger partial charge is 0.333 e. The van der Waals surface area contributed by atoms with Gasteiger partial charge in [0.1, 0.15) is 19.0 Å².